The Bertz CT molecular complexity index is 590. The molecule has 116 valence electrons. The molecular formula is C10H15N5O5S. The van der Waals surface area contributed by atoms with E-state index in [1.807, 2.05) is 0 Å². The van der Waals surface area contributed by atoms with E-state index in [-0.39, 0.29) is 17.3 Å². The van der Waals surface area contributed by atoms with Gasteiger partial charge in [-0.15, -0.1) is 12.6 Å². The zero-order valence-corrected chi connectivity index (χ0v) is 11.6. The molecule has 3 rings (SSSR count). The molecule has 0 bridgehead atoms. The fourth-order valence-corrected chi connectivity index (χ4v) is 2.66. The summed E-state index contributed by atoms with van der Waals surface area (Å²) in [6, 6.07) is 0. The van der Waals surface area contributed by atoms with Crippen molar-refractivity contribution in [3.05, 3.63) is 11.8 Å². The molecule has 2 aliphatic rings. The number of fused-ring (bicyclic) bond motifs is 1. The third-order valence-corrected chi connectivity index (χ3v) is 3.78. The van der Waals surface area contributed by atoms with Crippen LogP contribution < -0.4 is 11.1 Å². The second-order valence-electron chi connectivity index (χ2n) is 4.84. The van der Waals surface area contributed by atoms with E-state index >= 15 is 0 Å². The van der Waals surface area contributed by atoms with Gasteiger partial charge in [-0.05, 0) is 0 Å². The van der Waals surface area contributed by atoms with Gasteiger partial charge in [-0.2, -0.15) is 5.10 Å². The van der Waals surface area contributed by atoms with Crippen molar-refractivity contribution in [3.63, 3.8) is 0 Å². The maximum Gasteiger partial charge on any atom is 0.237 e. The van der Waals surface area contributed by atoms with E-state index < -0.39 is 36.2 Å². The first-order chi connectivity index (χ1) is 9.85. The first kappa shape index (κ1) is 14.6. The van der Waals surface area contributed by atoms with Gasteiger partial charge in [-0.25, -0.2) is 9.67 Å². The molecule has 2 aliphatic heterocycles. The molecule has 0 aliphatic carbocycles. The van der Waals surface area contributed by atoms with Crippen LogP contribution in [-0.2, 0) is 9.79 Å². The standard InChI is InChI=1S/C10H15N5O5S/c11-9-13-7-3(10(19,21)14-9)1-12-15(7)8-6(18)5(17)4(2-16)20-8/h1,4-6,8,16-19,21H,2H2,(H3,11,13,14)/t4-,5-,6-,8-,10?/m1/s1. The van der Waals surface area contributed by atoms with E-state index in [9.17, 15) is 15.3 Å². The molecule has 0 amide bonds. The lowest BCUT2D eigenvalue weighted by Gasteiger charge is -2.26. The smallest absolute Gasteiger partial charge is 0.237 e. The lowest BCUT2D eigenvalue weighted by molar-refractivity contribution is -0.0575. The fourth-order valence-electron chi connectivity index (χ4n) is 2.38. The summed E-state index contributed by atoms with van der Waals surface area (Å²) >= 11 is 3.99. The van der Waals surface area contributed by atoms with Gasteiger partial charge >= 0.3 is 0 Å². The van der Waals surface area contributed by atoms with Gasteiger partial charge in [-0.3, -0.25) is 0 Å². The van der Waals surface area contributed by atoms with Crippen molar-refractivity contribution < 1.29 is 25.2 Å². The van der Waals surface area contributed by atoms with Crippen LogP contribution >= 0.6 is 12.6 Å². The van der Waals surface area contributed by atoms with Crippen LogP contribution in [-0.4, -0.2) is 61.1 Å². The SMILES string of the molecule is NC1=NC(O)(S)c2cnn([C@@H]3O[C@H](CO)[C@@H](O)[C@H]3O)c2N1. The van der Waals surface area contributed by atoms with Crippen LogP contribution in [0.4, 0.5) is 5.82 Å². The Morgan fingerprint density at radius 1 is 1.48 bits per heavy atom. The quantitative estimate of drug-likeness (QED) is 0.229. The molecule has 5 atom stereocenters. The molecule has 10 nitrogen and oxygen atoms in total. The number of nitrogens with two attached hydrogens (primary N) is 1. The average Bonchev–Trinajstić information content (AvgIpc) is 2.93. The number of ether oxygens (including phenoxy) is 1. The van der Waals surface area contributed by atoms with Gasteiger partial charge < -0.3 is 36.2 Å². The summed E-state index contributed by atoms with van der Waals surface area (Å²) in [6.07, 6.45) is -3.26. The number of hydrogen-bond donors (Lipinski definition) is 7. The van der Waals surface area contributed by atoms with Crippen molar-refractivity contribution in [2.45, 2.75) is 29.6 Å². The second kappa shape index (κ2) is 4.83. The Labute approximate surface area is 124 Å². The third-order valence-electron chi connectivity index (χ3n) is 3.44. The highest BCUT2D eigenvalue weighted by Crippen LogP contribution is 2.39. The molecule has 0 radical (unpaired) electrons. The highest BCUT2D eigenvalue weighted by atomic mass is 32.1. The Morgan fingerprint density at radius 3 is 2.81 bits per heavy atom. The average molecular weight is 317 g/mol. The molecule has 1 aromatic rings. The molecule has 11 heteroatoms. The molecule has 1 unspecified atom stereocenters. The minimum absolute atomic E-state index is 0.0894. The number of anilines is 1. The number of aliphatic hydroxyl groups excluding tert-OH is 3. The monoisotopic (exact) mass is 317 g/mol. The summed E-state index contributed by atoms with van der Waals surface area (Å²) in [5.74, 6) is 0.142. The predicted molar refractivity (Wildman–Crippen MR) is 73.4 cm³/mol. The van der Waals surface area contributed by atoms with Gasteiger partial charge in [0.2, 0.25) is 5.06 Å². The predicted octanol–water partition coefficient (Wildman–Crippen LogP) is -2.73. The van der Waals surface area contributed by atoms with Crippen LogP contribution in [0.3, 0.4) is 0 Å². The lowest BCUT2D eigenvalue weighted by Crippen LogP contribution is -2.36. The summed E-state index contributed by atoms with van der Waals surface area (Å²) in [7, 11) is 0. The van der Waals surface area contributed by atoms with E-state index in [2.05, 4.69) is 28.0 Å². The second-order valence-corrected chi connectivity index (χ2v) is 5.46. The first-order valence-corrected chi connectivity index (χ1v) is 6.57. The Hall–Kier alpha value is -1.37. The van der Waals surface area contributed by atoms with Gasteiger partial charge in [0.15, 0.2) is 12.2 Å². The van der Waals surface area contributed by atoms with E-state index in [1.54, 1.807) is 0 Å². The molecule has 3 heterocycles. The first-order valence-electron chi connectivity index (χ1n) is 6.12. The molecule has 1 fully saturated rings. The molecule has 0 aromatic carbocycles. The van der Waals surface area contributed by atoms with Gasteiger partial charge in [-0.1, -0.05) is 0 Å². The van der Waals surface area contributed by atoms with Crippen LogP contribution in [0.25, 0.3) is 0 Å². The summed E-state index contributed by atoms with van der Waals surface area (Å²) in [5, 5.41) is 43.8. The number of thiol groups is 1. The van der Waals surface area contributed by atoms with Crippen molar-refractivity contribution in [1.29, 1.82) is 0 Å². The lowest BCUT2D eigenvalue weighted by atomic mass is 10.1. The van der Waals surface area contributed by atoms with Crippen molar-refractivity contribution in [2.24, 2.45) is 10.7 Å². The molecule has 0 saturated carbocycles. The van der Waals surface area contributed by atoms with Gasteiger partial charge in [0, 0.05) is 0 Å². The number of aliphatic hydroxyl groups is 4. The molecule has 0 spiro atoms. The Morgan fingerprint density at radius 2 is 2.19 bits per heavy atom. The van der Waals surface area contributed by atoms with Crippen LogP contribution in [0.5, 0.6) is 0 Å². The summed E-state index contributed by atoms with van der Waals surface area (Å²) in [4.78, 5) is 3.72. The molecular weight excluding hydrogens is 302 g/mol. The normalized spacial score (nSPS) is 38.8. The maximum atomic E-state index is 10.1. The van der Waals surface area contributed by atoms with Crippen LogP contribution in [0, 0.1) is 0 Å². The highest BCUT2D eigenvalue weighted by molar-refractivity contribution is 7.81. The minimum atomic E-state index is -1.86. The van der Waals surface area contributed by atoms with Gasteiger partial charge in [0.25, 0.3) is 0 Å². The topological polar surface area (TPSA) is 158 Å². The molecule has 21 heavy (non-hydrogen) atoms. The molecule has 1 saturated heterocycles. The number of guanidine groups is 1. The molecule has 7 N–H and O–H groups in total. The van der Waals surface area contributed by atoms with Crippen LogP contribution in [0.1, 0.15) is 11.8 Å². The fraction of sp³-hybridized carbons (Fsp3) is 0.600. The highest BCUT2D eigenvalue weighted by Gasteiger charge is 2.46. The van der Waals surface area contributed by atoms with Crippen molar-refractivity contribution >= 4 is 24.4 Å². The van der Waals surface area contributed by atoms with E-state index in [0.29, 0.717) is 0 Å². The Balaban J connectivity index is 1.99. The summed E-state index contributed by atoms with van der Waals surface area (Å²) < 4.78 is 6.58. The van der Waals surface area contributed by atoms with E-state index in [4.69, 9.17) is 15.6 Å². The number of rotatable bonds is 2. The summed E-state index contributed by atoms with van der Waals surface area (Å²) in [6.45, 7) is -0.453. The summed E-state index contributed by atoms with van der Waals surface area (Å²) in [5.41, 5.74) is 5.78. The number of nitrogens with zero attached hydrogens (tertiary/aromatic N) is 3. The van der Waals surface area contributed by atoms with Crippen molar-refractivity contribution in [3.8, 4) is 0 Å². The zero-order valence-electron chi connectivity index (χ0n) is 10.7. The maximum absolute atomic E-state index is 10.1. The van der Waals surface area contributed by atoms with Gasteiger partial charge in [0.05, 0.1) is 18.4 Å². The number of hydrogen-bond acceptors (Lipinski definition) is 10. The van der Waals surface area contributed by atoms with Crippen LogP contribution in [0.2, 0.25) is 0 Å². The largest absolute Gasteiger partial charge is 0.394 e. The number of aliphatic imine (C=N–C) groups is 1. The Kier molecular flexibility index (Phi) is 3.35. The van der Waals surface area contributed by atoms with E-state index in [1.165, 1.54) is 10.9 Å². The number of aromatic nitrogens is 2. The van der Waals surface area contributed by atoms with E-state index in [0.717, 1.165) is 0 Å². The van der Waals surface area contributed by atoms with Crippen LogP contribution in [0.15, 0.2) is 11.2 Å². The third kappa shape index (κ3) is 2.18. The van der Waals surface area contributed by atoms with Crippen molar-refractivity contribution in [1.82, 2.24) is 9.78 Å². The zero-order chi connectivity index (χ0) is 15.4. The van der Waals surface area contributed by atoms with Gasteiger partial charge in [0.1, 0.15) is 24.1 Å². The minimum Gasteiger partial charge on any atom is -0.394 e. The van der Waals surface area contributed by atoms with Crippen molar-refractivity contribution in [2.75, 3.05) is 11.9 Å². The molecule has 1 aromatic heterocycles. The number of nitrogens with one attached hydrogen (secondary N) is 1.